The Morgan fingerprint density at radius 1 is 0.981 bits per heavy atom. The van der Waals surface area contributed by atoms with E-state index in [1.54, 1.807) is 7.05 Å². The number of amides is 4. The number of halogens is 1. The highest BCUT2D eigenvalue weighted by molar-refractivity contribution is 7.86. The Hall–Kier alpha value is -4.98. The summed E-state index contributed by atoms with van der Waals surface area (Å²) in [6.45, 7) is 8.80. The number of hydrogen-bond acceptors (Lipinski definition) is 7. The van der Waals surface area contributed by atoms with Gasteiger partial charge in [-0.2, -0.15) is 8.42 Å². The van der Waals surface area contributed by atoms with E-state index in [0.717, 1.165) is 69.9 Å². The number of nitrogens with zero attached hydrogens (tertiary/aromatic N) is 2. The van der Waals surface area contributed by atoms with Gasteiger partial charge in [-0.15, -0.1) is 0 Å². The zero-order valence-electron chi connectivity index (χ0n) is 30.9. The number of furan rings is 1. The first kappa shape index (κ1) is 38.7. The quantitative estimate of drug-likeness (QED) is 0.111. The standard InChI is InChI=1S/C35H38ClNO5S.C5H8N4O2/c1-5-25(20-35-37(18-17-23(2)3)31-22-28(36)13-16-33(31)42-35)19-34-29(14-11-24(4)43(38,39)40)30-21-27(12-15-32(30)41-34)26-9-7-6-8-10-26;1-9-3-2(7-5(9)11)6-4(10)8-3/h6-10,12-13,15-16,19-24H,5,11,14,17-18H2,1-4H3,(H,38,39,40);2-3H,1H3,(H,7,11)(H2,6,8,10)/b25-19-,35-20+;. The molecule has 2 fully saturated rings. The van der Waals surface area contributed by atoms with E-state index in [-0.39, 0.29) is 30.8 Å². The van der Waals surface area contributed by atoms with Crippen LogP contribution in [0.3, 0.4) is 0 Å². The lowest BCUT2D eigenvalue weighted by Gasteiger charge is -2.20. The summed E-state index contributed by atoms with van der Waals surface area (Å²) in [5.41, 5.74) is 5.70. The fourth-order valence-electron chi connectivity index (χ4n) is 6.50. The topological polar surface area (TPSA) is 153 Å². The molecule has 3 unspecified atom stereocenters. The number of benzene rings is 3. The molecule has 4 N–H and O–H groups in total. The minimum atomic E-state index is -4.15. The first-order valence-electron chi connectivity index (χ1n) is 18.1. The van der Waals surface area contributed by atoms with Crippen molar-refractivity contribution >= 4 is 56.5 Å². The minimum absolute atomic E-state index is 0.174. The number of ether oxygens (including phenoxy) is 1. The first-order chi connectivity index (χ1) is 25.7. The van der Waals surface area contributed by atoms with Crippen molar-refractivity contribution in [3.05, 3.63) is 101 Å². The number of urea groups is 2. The molecule has 12 nitrogen and oxygen atoms in total. The summed E-state index contributed by atoms with van der Waals surface area (Å²) in [7, 11) is -2.52. The van der Waals surface area contributed by atoms with Crippen LogP contribution in [0.5, 0.6) is 5.75 Å². The average molecular weight is 776 g/mol. The third kappa shape index (κ3) is 8.69. The van der Waals surface area contributed by atoms with Crippen LogP contribution in [-0.4, -0.2) is 61.1 Å². The van der Waals surface area contributed by atoms with Crippen molar-refractivity contribution in [2.75, 3.05) is 18.5 Å². The maximum absolute atomic E-state index is 11.8. The molecule has 3 aliphatic rings. The Morgan fingerprint density at radius 2 is 1.74 bits per heavy atom. The van der Waals surface area contributed by atoms with Crippen LogP contribution in [0.25, 0.3) is 28.2 Å². The molecule has 0 spiro atoms. The van der Waals surface area contributed by atoms with Crippen LogP contribution in [0.4, 0.5) is 15.3 Å². The van der Waals surface area contributed by atoms with Crippen LogP contribution < -0.4 is 25.6 Å². The Morgan fingerprint density at radius 3 is 2.43 bits per heavy atom. The second-order valence-corrected chi connectivity index (χ2v) is 16.4. The number of likely N-dealkylation sites (N-methyl/N-ethyl adjacent to an activating group) is 1. The zero-order chi connectivity index (χ0) is 38.7. The third-order valence-electron chi connectivity index (χ3n) is 9.79. The van der Waals surface area contributed by atoms with Gasteiger partial charge in [0.25, 0.3) is 10.1 Å². The van der Waals surface area contributed by atoms with Crippen molar-refractivity contribution in [1.29, 1.82) is 0 Å². The van der Waals surface area contributed by atoms with E-state index < -0.39 is 15.4 Å². The SMILES string of the molecule is CCC(=C/c1oc2ccc(-c3ccccc3)cc2c1CCC(C)S(=O)(=O)O)/C=C1/Oc2ccc(Cl)cc2N1CCC(C)C.CN1C(=O)NC2NC(=O)NC21. The highest BCUT2D eigenvalue weighted by atomic mass is 35.5. The van der Waals surface area contributed by atoms with E-state index in [4.69, 9.17) is 20.8 Å². The zero-order valence-corrected chi connectivity index (χ0v) is 32.5. The molecule has 4 heterocycles. The van der Waals surface area contributed by atoms with Crippen LogP contribution >= 0.6 is 11.6 Å². The normalized spacial score (nSPS) is 19.3. The van der Waals surface area contributed by atoms with Crippen molar-refractivity contribution in [3.63, 3.8) is 0 Å². The highest BCUT2D eigenvalue weighted by Gasteiger charge is 2.43. The van der Waals surface area contributed by atoms with Crippen molar-refractivity contribution in [3.8, 4) is 16.9 Å². The molecule has 0 radical (unpaired) electrons. The predicted molar refractivity (Wildman–Crippen MR) is 212 cm³/mol. The lowest BCUT2D eigenvalue weighted by molar-refractivity contribution is 0.210. The fraction of sp³-hybridized carbons (Fsp3) is 0.350. The molecule has 54 heavy (non-hydrogen) atoms. The van der Waals surface area contributed by atoms with Gasteiger partial charge in [0.15, 0.2) is 5.75 Å². The molecule has 14 heteroatoms. The number of hydrogen-bond donors (Lipinski definition) is 4. The summed E-state index contributed by atoms with van der Waals surface area (Å²) in [6, 6.07) is 21.4. The van der Waals surface area contributed by atoms with E-state index >= 15 is 0 Å². The summed E-state index contributed by atoms with van der Waals surface area (Å²) in [4.78, 5) is 25.2. The van der Waals surface area contributed by atoms with Crippen LogP contribution in [0, 0.1) is 5.92 Å². The van der Waals surface area contributed by atoms with Gasteiger partial charge in [0, 0.05) is 35.6 Å². The highest BCUT2D eigenvalue weighted by Crippen LogP contribution is 2.42. The number of carbonyl (C=O) groups is 2. The number of aryl methyl sites for hydroxylation is 1. The fourth-order valence-corrected chi connectivity index (χ4v) is 7.08. The minimum Gasteiger partial charge on any atom is -0.456 e. The Labute approximate surface area is 320 Å². The van der Waals surface area contributed by atoms with Crippen molar-refractivity contribution in [2.24, 2.45) is 5.92 Å². The van der Waals surface area contributed by atoms with E-state index in [1.807, 2.05) is 60.7 Å². The summed E-state index contributed by atoms with van der Waals surface area (Å²) >= 11 is 6.35. The maximum Gasteiger partial charge on any atom is 0.320 e. The largest absolute Gasteiger partial charge is 0.456 e. The van der Waals surface area contributed by atoms with Gasteiger partial charge in [0.2, 0.25) is 5.88 Å². The average Bonchev–Trinajstić information content (AvgIpc) is 3.85. The maximum atomic E-state index is 11.8. The number of fused-ring (bicyclic) bond motifs is 3. The van der Waals surface area contributed by atoms with Gasteiger partial charge in [-0.05, 0) is 91.6 Å². The summed E-state index contributed by atoms with van der Waals surface area (Å²) in [5.74, 6) is 2.69. The monoisotopic (exact) mass is 775 g/mol. The molecule has 7 rings (SSSR count). The number of carbonyl (C=O) groups excluding carboxylic acids is 2. The molecule has 1 aromatic heterocycles. The van der Waals surface area contributed by atoms with Gasteiger partial charge in [-0.3, -0.25) is 4.55 Å². The third-order valence-corrected chi connectivity index (χ3v) is 11.3. The van der Waals surface area contributed by atoms with Crippen molar-refractivity contribution < 1.29 is 31.7 Å². The second kappa shape index (κ2) is 16.2. The second-order valence-electron chi connectivity index (χ2n) is 14.1. The van der Waals surface area contributed by atoms with Gasteiger partial charge in [0.1, 0.15) is 23.7 Å². The Kier molecular flexibility index (Phi) is 11.6. The summed E-state index contributed by atoms with van der Waals surface area (Å²) in [6.07, 6.45) is 5.93. The molecule has 4 amide bonds. The van der Waals surface area contributed by atoms with E-state index in [0.29, 0.717) is 23.1 Å². The number of anilines is 1. The molecule has 4 aromatic rings. The molecule has 2 saturated heterocycles. The lowest BCUT2D eigenvalue weighted by atomic mass is 9.99. The number of nitrogens with one attached hydrogen (secondary N) is 3. The van der Waals surface area contributed by atoms with Gasteiger partial charge >= 0.3 is 12.1 Å². The van der Waals surface area contributed by atoms with Crippen LogP contribution in [-0.2, 0) is 16.5 Å². The van der Waals surface area contributed by atoms with Gasteiger partial charge in [0.05, 0.1) is 10.9 Å². The lowest BCUT2D eigenvalue weighted by Crippen LogP contribution is -2.40. The van der Waals surface area contributed by atoms with Crippen LogP contribution in [0.1, 0.15) is 58.3 Å². The number of allylic oxidation sites excluding steroid dienone is 2. The van der Waals surface area contributed by atoms with Gasteiger partial charge in [-0.1, -0.05) is 68.8 Å². The first-order valence-corrected chi connectivity index (χ1v) is 19.9. The predicted octanol–water partition coefficient (Wildman–Crippen LogP) is 8.15. The van der Waals surface area contributed by atoms with Gasteiger partial charge < -0.3 is 34.9 Å². The molecule has 3 aromatic carbocycles. The molecule has 3 atom stereocenters. The molecule has 0 aliphatic carbocycles. The Bertz CT molecular complexity index is 2200. The van der Waals surface area contributed by atoms with Crippen molar-refractivity contribution in [2.45, 2.75) is 71.0 Å². The van der Waals surface area contributed by atoms with E-state index in [2.05, 4.69) is 59.8 Å². The number of rotatable bonds is 11. The van der Waals surface area contributed by atoms with E-state index in [9.17, 15) is 22.6 Å². The Balaban J connectivity index is 0.000000384. The van der Waals surface area contributed by atoms with E-state index in [1.165, 1.54) is 11.8 Å². The smallest absolute Gasteiger partial charge is 0.320 e. The van der Waals surface area contributed by atoms with Crippen LogP contribution in [0.15, 0.2) is 88.7 Å². The van der Waals surface area contributed by atoms with Crippen LogP contribution in [0.2, 0.25) is 5.02 Å². The molecule has 0 saturated carbocycles. The molecule has 3 aliphatic heterocycles. The molecule has 286 valence electrons. The summed E-state index contributed by atoms with van der Waals surface area (Å²) in [5, 5.41) is 8.42. The molecular formula is C40H46ClN5O7S. The van der Waals surface area contributed by atoms with Gasteiger partial charge in [-0.25, -0.2) is 9.59 Å². The van der Waals surface area contributed by atoms with Crippen molar-refractivity contribution in [1.82, 2.24) is 20.9 Å². The summed E-state index contributed by atoms with van der Waals surface area (Å²) < 4.78 is 46.0. The molecule has 0 bridgehead atoms. The molecular weight excluding hydrogens is 730 g/mol.